The molecule has 4 heteroatoms. The van der Waals surface area contributed by atoms with Crippen molar-refractivity contribution in [3.63, 3.8) is 0 Å². The first-order valence-electron chi connectivity index (χ1n) is 8.07. The highest BCUT2D eigenvalue weighted by molar-refractivity contribution is 5.21. The highest BCUT2D eigenvalue weighted by Crippen LogP contribution is 2.20. The lowest BCUT2D eigenvalue weighted by Gasteiger charge is -2.45. The first-order valence-corrected chi connectivity index (χ1v) is 8.07. The minimum Gasteiger partial charge on any atom is -0.488 e. The Labute approximate surface area is 128 Å². The molecule has 2 saturated heterocycles. The van der Waals surface area contributed by atoms with Gasteiger partial charge in [0.25, 0.3) is 0 Å². The number of ether oxygens (including phenoxy) is 1. The van der Waals surface area contributed by atoms with Crippen LogP contribution in [-0.4, -0.2) is 79.7 Å². The lowest BCUT2D eigenvalue weighted by Crippen LogP contribution is -2.60. The Balaban J connectivity index is 1.37. The third kappa shape index (κ3) is 3.96. The Morgan fingerprint density at radius 1 is 1.10 bits per heavy atom. The standard InChI is InChI=1S/C17H27N3O/c1-15(12-19-10-8-18(2)9-11-19)20-13-17(14-20)21-16-6-4-3-5-7-16/h3-7,15,17H,8-14H2,1-2H3/t15-/m0/s1. The van der Waals surface area contributed by atoms with Crippen LogP contribution >= 0.6 is 0 Å². The first-order chi connectivity index (χ1) is 10.2. The second-order valence-corrected chi connectivity index (χ2v) is 6.46. The van der Waals surface area contributed by atoms with Gasteiger partial charge in [-0.1, -0.05) is 18.2 Å². The number of rotatable bonds is 5. The number of likely N-dealkylation sites (N-methyl/N-ethyl adjacent to an activating group) is 1. The van der Waals surface area contributed by atoms with Crippen molar-refractivity contribution in [2.75, 3.05) is 52.9 Å². The lowest BCUT2D eigenvalue weighted by atomic mass is 10.1. The molecule has 2 fully saturated rings. The Morgan fingerprint density at radius 3 is 2.43 bits per heavy atom. The van der Waals surface area contributed by atoms with Crippen LogP contribution in [0.25, 0.3) is 0 Å². The summed E-state index contributed by atoms with van der Waals surface area (Å²) in [4.78, 5) is 7.54. The number of piperazine rings is 1. The summed E-state index contributed by atoms with van der Waals surface area (Å²) >= 11 is 0. The highest BCUT2D eigenvalue weighted by Gasteiger charge is 2.32. The summed E-state index contributed by atoms with van der Waals surface area (Å²) in [5.41, 5.74) is 0. The molecule has 1 aromatic rings. The minimum atomic E-state index is 0.363. The molecule has 2 aliphatic rings. The summed E-state index contributed by atoms with van der Waals surface area (Å²) in [6.07, 6.45) is 0.363. The first kappa shape index (κ1) is 14.8. The average molecular weight is 289 g/mol. The van der Waals surface area contributed by atoms with Gasteiger partial charge in [0.05, 0.1) is 0 Å². The Morgan fingerprint density at radius 2 is 1.76 bits per heavy atom. The van der Waals surface area contributed by atoms with E-state index < -0.39 is 0 Å². The van der Waals surface area contributed by atoms with Crippen LogP contribution in [0.4, 0.5) is 0 Å². The van der Waals surface area contributed by atoms with Crippen LogP contribution in [0, 0.1) is 0 Å². The number of para-hydroxylation sites is 1. The molecule has 0 aliphatic carbocycles. The third-order valence-corrected chi connectivity index (χ3v) is 4.66. The smallest absolute Gasteiger partial charge is 0.124 e. The normalized spacial score (nSPS) is 23.7. The molecule has 4 nitrogen and oxygen atoms in total. The van der Waals surface area contributed by atoms with Gasteiger partial charge in [0.15, 0.2) is 0 Å². The average Bonchev–Trinajstić information content (AvgIpc) is 2.46. The number of hydrogen-bond donors (Lipinski definition) is 0. The SMILES string of the molecule is C[C@@H](CN1CCN(C)CC1)N1CC(Oc2ccccc2)C1. The summed E-state index contributed by atoms with van der Waals surface area (Å²) in [5.74, 6) is 0.994. The summed E-state index contributed by atoms with van der Waals surface area (Å²) in [6.45, 7) is 10.5. The predicted octanol–water partition coefficient (Wildman–Crippen LogP) is 1.39. The van der Waals surface area contributed by atoms with Crippen molar-refractivity contribution >= 4 is 0 Å². The summed E-state index contributed by atoms with van der Waals surface area (Å²) < 4.78 is 5.97. The van der Waals surface area contributed by atoms with Gasteiger partial charge in [-0.3, -0.25) is 9.80 Å². The van der Waals surface area contributed by atoms with Crippen molar-refractivity contribution in [1.29, 1.82) is 0 Å². The zero-order valence-corrected chi connectivity index (χ0v) is 13.2. The lowest BCUT2D eigenvalue weighted by molar-refractivity contribution is -0.0164. The topological polar surface area (TPSA) is 19.0 Å². The molecule has 0 saturated carbocycles. The van der Waals surface area contributed by atoms with Gasteiger partial charge in [-0.05, 0) is 26.1 Å². The molecule has 2 heterocycles. The molecule has 116 valence electrons. The van der Waals surface area contributed by atoms with E-state index in [0.717, 1.165) is 18.8 Å². The van der Waals surface area contributed by atoms with Gasteiger partial charge in [-0.15, -0.1) is 0 Å². The van der Waals surface area contributed by atoms with Gasteiger partial charge in [0, 0.05) is 51.9 Å². The Kier molecular flexibility index (Phi) is 4.78. The molecule has 0 N–H and O–H groups in total. The zero-order valence-electron chi connectivity index (χ0n) is 13.2. The molecule has 0 radical (unpaired) electrons. The van der Waals surface area contributed by atoms with Crippen molar-refractivity contribution < 1.29 is 4.74 Å². The van der Waals surface area contributed by atoms with E-state index in [2.05, 4.69) is 28.7 Å². The van der Waals surface area contributed by atoms with E-state index in [1.165, 1.54) is 32.7 Å². The van der Waals surface area contributed by atoms with E-state index in [0.29, 0.717) is 12.1 Å². The van der Waals surface area contributed by atoms with Crippen molar-refractivity contribution in [1.82, 2.24) is 14.7 Å². The molecule has 1 atom stereocenters. The van der Waals surface area contributed by atoms with Crippen molar-refractivity contribution in [2.24, 2.45) is 0 Å². The van der Waals surface area contributed by atoms with Crippen LogP contribution in [0.2, 0.25) is 0 Å². The summed E-state index contributed by atoms with van der Waals surface area (Å²) in [7, 11) is 2.21. The number of likely N-dealkylation sites (tertiary alicyclic amines) is 1. The van der Waals surface area contributed by atoms with E-state index in [4.69, 9.17) is 4.74 Å². The van der Waals surface area contributed by atoms with Crippen LogP contribution in [0.1, 0.15) is 6.92 Å². The zero-order chi connectivity index (χ0) is 14.7. The van der Waals surface area contributed by atoms with E-state index in [9.17, 15) is 0 Å². The number of nitrogens with zero attached hydrogens (tertiary/aromatic N) is 3. The van der Waals surface area contributed by atoms with E-state index in [-0.39, 0.29) is 0 Å². The fourth-order valence-electron chi connectivity index (χ4n) is 3.12. The summed E-state index contributed by atoms with van der Waals surface area (Å²) in [6, 6.07) is 10.8. The van der Waals surface area contributed by atoms with Crippen LogP contribution < -0.4 is 4.74 Å². The minimum absolute atomic E-state index is 0.363. The van der Waals surface area contributed by atoms with E-state index >= 15 is 0 Å². The number of benzene rings is 1. The second kappa shape index (κ2) is 6.77. The number of hydrogen-bond acceptors (Lipinski definition) is 4. The molecule has 0 amide bonds. The molecular formula is C17H27N3O. The molecular weight excluding hydrogens is 262 g/mol. The largest absolute Gasteiger partial charge is 0.488 e. The third-order valence-electron chi connectivity index (χ3n) is 4.66. The Hall–Kier alpha value is -1.10. The van der Waals surface area contributed by atoms with Crippen LogP contribution in [0.15, 0.2) is 30.3 Å². The molecule has 0 bridgehead atoms. The molecule has 0 aromatic heterocycles. The molecule has 21 heavy (non-hydrogen) atoms. The van der Waals surface area contributed by atoms with Crippen molar-refractivity contribution in [3.8, 4) is 5.75 Å². The van der Waals surface area contributed by atoms with Crippen molar-refractivity contribution in [2.45, 2.75) is 19.1 Å². The van der Waals surface area contributed by atoms with Crippen LogP contribution in [-0.2, 0) is 0 Å². The Bertz CT molecular complexity index is 425. The fraction of sp³-hybridized carbons (Fsp3) is 0.647. The van der Waals surface area contributed by atoms with Gasteiger partial charge in [-0.2, -0.15) is 0 Å². The maximum Gasteiger partial charge on any atom is 0.124 e. The van der Waals surface area contributed by atoms with Gasteiger partial charge < -0.3 is 9.64 Å². The molecule has 2 aliphatic heterocycles. The van der Waals surface area contributed by atoms with Gasteiger partial charge in [0.1, 0.15) is 11.9 Å². The fourth-order valence-corrected chi connectivity index (χ4v) is 3.12. The molecule has 3 rings (SSSR count). The molecule has 0 unspecified atom stereocenters. The highest BCUT2D eigenvalue weighted by atomic mass is 16.5. The maximum absolute atomic E-state index is 5.97. The second-order valence-electron chi connectivity index (χ2n) is 6.46. The predicted molar refractivity (Wildman–Crippen MR) is 85.8 cm³/mol. The van der Waals surface area contributed by atoms with Crippen molar-refractivity contribution in [3.05, 3.63) is 30.3 Å². The summed E-state index contributed by atoms with van der Waals surface area (Å²) in [5, 5.41) is 0. The van der Waals surface area contributed by atoms with Gasteiger partial charge in [-0.25, -0.2) is 0 Å². The van der Waals surface area contributed by atoms with E-state index in [1.54, 1.807) is 0 Å². The van der Waals surface area contributed by atoms with E-state index in [1.807, 2.05) is 30.3 Å². The quantitative estimate of drug-likeness (QED) is 0.815. The molecule has 0 spiro atoms. The van der Waals surface area contributed by atoms with Crippen LogP contribution in [0.5, 0.6) is 5.75 Å². The maximum atomic E-state index is 5.97. The van der Waals surface area contributed by atoms with Gasteiger partial charge in [0.2, 0.25) is 0 Å². The monoisotopic (exact) mass is 289 g/mol. The van der Waals surface area contributed by atoms with Crippen LogP contribution in [0.3, 0.4) is 0 Å². The molecule has 1 aromatic carbocycles. The van der Waals surface area contributed by atoms with Gasteiger partial charge >= 0.3 is 0 Å².